The van der Waals surface area contributed by atoms with Crippen LogP contribution in [0.2, 0.25) is 0 Å². The van der Waals surface area contributed by atoms with Crippen molar-refractivity contribution in [3.8, 4) is 0 Å². The van der Waals surface area contributed by atoms with Crippen LogP contribution in [0.5, 0.6) is 0 Å². The molecule has 1 heterocycles. The fourth-order valence-electron chi connectivity index (χ4n) is 3.98. The van der Waals surface area contributed by atoms with Gasteiger partial charge < -0.3 is 14.8 Å². The van der Waals surface area contributed by atoms with Crippen LogP contribution in [-0.4, -0.2) is 17.0 Å². The quantitative estimate of drug-likeness (QED) is 0.688. The number of carboxylic acid groups (broad SMARTS) is 1. The normalized spacial score (nSPS) is 15.6. The van der Waals surface area contributed by atoms with Gasteiger partial charge in [0.1, 0.15) is 11.8 Å². The molecule has 1 amide bonds. The monoisotopic (exact) mass is 375 g/mol. The lowest BCUT2D eigenvalue weighted by Gasteiger charge is -2.25. The molecule has 1 aliphatic rings. The highest BCUT2D eigenvalue weighted by Gasteiger charge is 2.45. The van der Waals surface area contributed by atoms with Crippen molar-refractivity contribution in [2.75, 3.05) is 0 Å². The summed E-state index contributed by atoms with van der Waals surface area (Å²) in [5.41, 5.74) is 1.77. The van der Waals surface area contributed by atoms with Crippen LogP contribution in [0.1, 0.15) is 34.9 Å². The summed E-state index contributed by atoms with van der Waals surface area (Å²) in [6.07, 6.45) is 2.20. The van der Waals surface area contributed by atoms with E-state index in [1.165, 1.54) is 0 Å². The van der Waals surface area contributed by atoms with Gasteiger partial charge in [0.2, 0.25) is 5.91 Å². The minimum Gasteiger partial charge on any atom is -0.481 e. The van der Waals surface area contributed by atoms with E-state index in [4.69, 9.17) is 4.42 Å². The molecule has 5 nitrogen and oxygen atoms in total. The fraction of sp³-hybridized carbons (Fsp3) is 0.217. The van der Waals surface area contributed by atoms with E-state index in [0.29, 0.717) is 18.6 Å². The maximum Gasteiger partial charge on any atom is 0.310 e. The summed E-state index contributed by atoms with van der Waals surface area (Å²) in [7, 11) is 0. The van der Waals surface area contributed by atoms with Gasteiger partial charge in [-0.2, -0.15) is 0 Å². The molecular weight excluding hydrogens is 354 g/mol. The Labute approximate surface area is 163 Å². The second-order valence-electron chi connectivity index (χ2n) is 7.31. The Morgan fingerprint density at radius 2 is 1.61 bits per heavy atom. The second-order valence-corrected chi connectivity index (χ2v) is 7.31. The van der Waals surface area contributed by atoms with Gasteiger partial charge in [-0.3, -0.25) is 9.59 Å². The summed E-state index contributed by atoms with van der Waals surface area (Å²) in [5, 5.41) is 12.9. The van der Waals surface area contributed by atoms with E-state index in [1.807, 2.05) is 54.6 Å². The van der Waals surface area contributed by atoms with Crippen molar-refractivity contribution in [2.24, 2.45) is 5.41 Å². The van der Waals surface area contributed by atoms with E-state index >= 15 is 0 Å². The molecule has 28 heavy (non-hydrogen) atoms. The van der Waals surface area contributed by atoms with Crippen LogP contribution in [0, 0.1) is 5.41 Å². The Kier molecular flexibility index (Phi) is 4.74. The third kappa shape index (κ3) is 3.43. The molecule has 4 rings (SSSR count). The Balaban J connectivity index is 1.56. The van der Waals surface area contributed by atoms with Gasteiger partial charge in [0.25, 0.3) is 0 Å². The van der Waals surface area contributed by atoms with Crippen LogP contribution in [0.15, 0.2) is 77.4 Å². The van der Waals surface area contributed by atoms with E-state index in [9.17, 15) is 14.7 Å². The summed E-state index contributed by atoms with van der Waals surface area (Å²) in [5.74, 6) is -0.632. The predicted molar refractivity (Wildman–Crippen MR) is 104 cm³/mol. The number of amides is 1. The van der Waals surface area contributed by atoms with Crippen LogP contribution >= 0.6 is 0 Å². The molecule has 1 aliphatic carbocycles. The minimum absolute atomic E-state index is 0.0823. The standard InChI is InChI=1S/C23H21NO4/c25-20(15-23(22(26)27)13-17-9-4-5-10-18(17)14-23)24-21(19-11-6-12-28-19)16-7-2-1-3-8-16/h1-12,21H,13-15H2,(H,24,25)(H,26,27)/t21-/m1/s1. The SMILES string of the molecule is O=C(CC1(C(=O)O)Cc2ccccc2C1)N[C@H](c1ccccc1)c1ccco1. The Bertz CT molecular complexity index is 954. The molecule has 2 aromatic carbocycles. The van der Waals surface area contributed by atoms with Crippen LogP contribution in [0.25, 0.3) is 0 Å². The fourth-order valence-corrected chi connectivity index (χ4v) is 3.98. The van der Waals surface area contributed by atoms with Gasteiger partial charge in [-0.05, 0) is 41.7 Å². The molecule has 0 bridgehead atoms. The smallest absolute Gasteiger partial charge is 0.310 e. The molecule has 0 fully saturated rings. The molecule has 0 unspecified atom stereocenters. The summed E-state index contributed by atoms with van der Waals surface area (Å²) >= 11 is 0. The summed E-state index contributed by atoms with van der Waals surface area (Å²) in [6.45, 7) is 0. The number of carbonyl (C=O) groups excluding carboxylic acids is 1. The molecule has 5 heteroatoms. The van der Waals surface area contributed by atoms with E-state index in [2.05, 4.69) is 5.32 Å². The van der Waals surface area contributed by atoms with Crippen molar-refractivity contribution in [1.82, 2.24) is 5.32 Å². The zero-order valence-corrected chi connectivity index (χ0v) is 15.3. The Morgan fingerprint density at radius 3 is 2.18 bits per heavy atom. The molecule has 2 N–H and O–H groups in total. The van der Waals surface area contributed by atoms with Gasteiger partial charge in [-0.1, -0.05) is 54.6 Å². The number of hydrogen-bond donors (Lipinski definition) is 2. The van der Waals surface area contributed by atoms with Crippen molar-refractivity contribution < 1.29 is 19.1 Å². The number of carboxylic acids is 1. The van der Waals surface area contributed by atoms with E-state index < -0.39 is 17.4 Å². The average molecular weight is 375 g/mol. The van der Waals surface area contributed by atoms with Crippen LogP contribution < -0.4 is 5.32 Å². The molecule has 1 atom stereocenters. The summed E-state index contributed by atoms with van der Waals surface area (Å²) < 4.78 is 5.51. The number of rotatable bonds is 6. The van der Waals surface area contributed by atoms with E-state index in [1.54, 1.807) is 18.4 Å². The number of furan rings is 1. The Hall–Kier alpha value is -3.34. The van der Waals surface area contributed by atoms with Crippen molar-refractivity contribution in [3.63, 3.8) is 0 Å². The van der Waals surface area contributed by atoms with Gasteiger partial charge in [-0.15, -0.1) is 0 Å². The van der Waals surface area contributed by atoms with Gasteiger partial charge in [-0.25, -0.2) is 0 Å². The summed E-state index contributed by atoms with van der Waals surface area (Å²) in [4.78, 5) is 25.0. The first-order valence-electron chi connectivity index (χ1n) is 9.25. The molecule has 0 saturated carbocycles. The highest BCUT2D eigenvalue weighted by Crippen LogP contribution is 2.40. The lowest BCUT2D eigenvalue weighted by atomic mass is 9.81. The lowest BCUT2D eigenvalue weighted by molar-refractivity contribution is -0.151. The van der Waals surface area contributed by atoms with Crippen molar-refractivity contribution in [2.45, 2.75) is 25.3 Å². The molecule has 3 aromatic rings. The molecule has 0 saturated heterocycles. The van der Waals surface area contributed by atoms with E-state index in [-0.39, 0.29) is 12.3 Å². The third-order valence-electron chi connectivity index (χ3n) is 5.39. The highest BCUT2D eigenvalue weighted by molar-refractivity contribution is 5.86. The zero-order valence-electron chi connectivity index (χ0n) is 15.3. The first-order valence-corrected chi connectivity index (χ1v) is 9.25. The molecular formula is C23H21NO4. The van der Waals surface area contributed by atoms with E-state index in [0.717, 1.165) is 16.7 Å². The number of fused-ring (bicyclic) bond motifs is 1. The van der Waals surface area contributed by atoms with Crippen molar-refractivity contribution in [1.29, 1.82) is 0 Å². The molecule has 142 valence electrons. The van der Waals surface area contributed by atoms with Crippen molar-refractivity contribution >= 4 is 11.9 Å². The first kappa shape index (κ1) is 18.0. The number of benzene rings is 2. The third-order valence-corrected chi connectivity index (χ3v) is 5.39. The van der Waals surface area contributed by atoms with Crippen LogP contribution in [-0.2, 0) is 22.4 Å². The molecule has 0 aliphatic heterocycles. The average Bonchev–Trinajstić information content (AvgIpc) is 3.35. The number of aliphatic carboxylic acids is 1. The second kappa shape index (κ2) is 7.35. The van der Waals surface area contributed by atoms with Gasteiger partial charge in [0, 0.05) is 6.42 Å². The molecule has 0 radical (unpaired) electrons. The summed E-state index contributed by atoms with van der Waals surface area (Å²) in [6, 6.07) is 20.3. The minimum atomic E-state index is -1.11. The molecule has 0 spiro atoms. The van der Waals surface area contributed by atoms with Crippen LogP contribution in [0.4, 0.5) is 0 Å². The van der Waals surface area contributed by atoms with Crippen molar-refractivity contribution in [3.05, 3.63) is 95.4 Å². The topological polar surface area (TPSA) is 79.5 Å². The predicted octanol–water partition coefficient (Wildman–Crippen LogP) is 3.75. The van der Waals surface area contributed by atoms with Crippen LogP contribution in [0.3, 0.4) is 0 Å². The van der Waals surface area contributed by atoms with Gasteiger partial charge in [0.05, 0.1) is 11.7 Å². The lowest BCUT2D eigenvalue weighted by Crippen LogP contribution is -2.39. The highest BCUT2D eigenvalue weighted by atomic mass is 16.4. The number of nitrogens with one attached hydrogen (secondary N) is 1. The number of carbonyl (C=O) groups is 2. The first-order chi connectivity index (χ1) is 13.6. The maximum atomic E-state index is 12.9. The largest absolute Gasteiger partial charge is 0.481 e. The van der Waals surface area contributed by atoms with Gasteiger partial charge >= 0.3 is 5.97 Å². The zero-order chi connectivity index (χ0) is 19.6. The maximum absolute atomic E-state index is 12.9. The van der Waals surface area contributed by atoms with Gasteiger partial charge in [0.15, 0.2) is 0 Å². The number of hydrogen-bond acceptors (Lipinski definition) is 3. The Morgan fingerprint density at radius 1 is 0.964 bits per heavy atom. The molecule has 1 aromatic heterocycles.